The van der Waals surface area contributed by atoms with Crippen LogP contribution in [-0.2, 0) is 13.0 Å². The minimum absolute atomic E-state index is 0.226. The molecule has 1 aliphatic rings. The van der Waals surface area contributed by atoms with Crippen molar-refractivity contribution in [2.45, 2.75) is 32.4 Å². The maximum Gasteiger partial charge on any atom is 0.194 e. The van der Waals surface area contributed by atoms with Gasteiger partial charge in [0.25, 0.3) is 0 Å². The number of thiazole rings is 1. The maximum absolute atomic E-state index is 13.9. The molecular weight excluding hydrogens is 323 g/mol. The molecule has 3 rings (SSSR count). The highest BCUT2D eigenvalue weighted by molar-refractivity contribution is 7.09. The second-order valence-corrected chi connectivity index (χ2v) is 6.70. The van der Waals surface area contributed by atoms with E-state index in [0.29, 0.717) is 12.1 Å². The van der Waals surface area contributed by atoms with Gasteiger partial charge in [-0.15, -0.1) is 11.3 Å². The van der Waals surface area contributed by atoms with Crippen molar-refractivity contribution in [1.82, 2.24) is 9.88 Å². The van der Waals surface area contributed by atoms with E-state index in [-0.39, 0.29) is 24.7 Å². The van der Waals surface area contributed by atoms with Gasteiger partial charge < -0.3 is 5.73 Å². The van der Waals surface area contributed by atoms with Crippen LogP contribution in [-0.4, -0.2) is 23.0 Å². The average Bonchev–Trinajstić information content (AvgIpc) is 3.09. The highest BCUT2D eigenvalue weighted by Gasteiger charge is 2.33. The summed E-state index contributed by atoms with van der Waals surface area (Å²) in [4.78, 5) is 6.39. The van der Waals surface area contributed by atoms with E-state index in [1.807, 2.05) is 17.2 Å². The lowest BCUT2D eigenvalue weighted by atomic mass is 10.0. The number of fused-ring (bicyclic) bond motifs is 1. The van der Waals surface area contributed by atoms with Crippen LogP contribution in [0.3, 0.4) is 0 Å². The quantitative estimate of drug-likeness (QED) is 0.849. The van der Waals surface area contributed by atoms with Crippen molar-refractivity contribution in [3.05, 3.63) is 50.7 Å². The summed E-state index contributed by atoms with van der Waals surface area (Å²) in [5.41, 5.74) is 7.47. The molecule has 1 aromatic carbocycles. The first kappa shape index (κ1) is 16.4. The molecule has 0 spiro atoms. The first-order valence-corrected chi connectivity index (χ1v) is 8.40. The fourth-order valence-electron chi connectivity index (χ4n) is 3.08. The summed E-state index contributed by atoms with van der Waals surface area (Å²) in [5, 5.41) is 3.07. The molecule has 1 atom stereocenters. The maximum atomic E-state index is 13.9. The van der Waals surface area contributed by atoms with E-state index in [9.17, 15) is 13.2 Å². The van der Waals surface area contributed by atoms with Gasteiger partial charge in [0.05, 0.1) is 5.01 Å². The van der Waals surface area contributed by atoms with Crippen molar-refractivity contribution in [2.24, 2.45) is 5.73 Å². The topological polar surface area (TPSA) is 42.1 Å². The lowest BCUT2D eigenvalue weighted by molar-refractivity contribution is 0.216. The lowest BCUT2D eigenvalue weighted by Gasteiger charge is -2.23. The Kier molecular flexibility index (Phi) is 4.70. The Hall–Kier alpha value is -1.44. The standard InChI is InChI=1S/C16H18F3N3S/c1-9-8-23-14(21-9)3-2-4-22-7-11-10(13(22)6-20)5-12(17)16(19)15(11)18/h5,8,13H,2-4,6-7,20H2,1H3. The molecule has 1 aromatic heterocycles. The number of aryl methyl sites for hydroxylation is 2. The zero-order valence-corrected chi connectivity index (χ0v) is 13.6. The number of nitrogens with zero attached hydrogens (tertiary/aromatic N) is 2. The second kappa shape index (κ2) is 6.59. The second-order valence-electron chi connectivity index (χ2n) is 5.76. The Morgan fingerprint density at radius 2 is 2.13 bits per heavy atom. The fraction of sp³-hybridized carbons (Fsp3) is 0.438. The first-order valence-electron chi connectivity index (χ1n) is 7.52. The summed E-state index contributed by atoms with van der Waals surface area (Å²) in [6.07, 6.45) is 1.66. The molecule has 23 heavy (non-hydrogen) atoms. The molecule has 0 radical (unpaired) electrons. The Balaban J connectivity index is 1.70. The van der Waals surface area contributed by atoms with Crippen molar-refractivity contribution < 1.29 is 13.2 Å². The van der Waals surface area contributed by atoms with Crippen LogP contribution in [0.25, 0.3) is 0 Å². The van der Waals surface area contributed by atoms with Crippen LogP contribution in [0.2, 0.25) is 0 Å². The molecule has 7 heteroatoms. The average molecular weight is 341 g/mol. The molecule has 1 aliphatic heterocycles. The smallest absolute Gasteiger partial charge is 0.194 e. The fourth-order valence-corrected chi connectivity index (χ4v) is 3.90. The molecule has 0 saturated carbocycles. The minimum atomic E-state index is -1.40. The van der Waals surface area contributed by atoms with Gasteiger partial charge in [-0.2, -0.15) is 0 Å². The predicted molar refractivity (Wildman–Crippen MR) is 83.7 cm³/mol. The predicted octanol–water partition coefficient (Wildman–Crippen LogP) is 3.32. The Morgan fingerprint density at radius 1 is 1.35 bits per heavy atom. The van der Waals surface area contributed by atoms with Crippen molar-refractivity contribution in [1.29, 1.82) is 0 Å². The van der Waals surface area contributed by atoms with Crippen LogP contribution < -0.4 is 5.73 Å². The molecule has 1 unspecified atom stereocenters. The molecule has 2 aromatic rings. The monoisotopic (exact) mass is 341 g/mol. The number of nitrogens with two attached hydrogens (primary N) is 1. The number of hydrogen-bond acceptors (Lipinski definition) is 4. The van der Waals surface area contributed by atoms with E-state index in [1.165, 1.54) is 0 Å². The Morgan fingerprint density at radius 3 is 2.78 bits per heavy atom. The first-order chi connectivity index (χ1) is 11.0. The Labute approximate surface area is 136 Å². The van der Waals surface area contributed by atoms with Crippen LogP contribution >= 0.6 is 11.3 Å². The number of hydrogen-bond donors (Lipinski definition) is 1. The van der Waals surface area contributed by atoms with Gasteiger partial charge in [0, 0.05) is 42.2 Å². The molecule has 2 heterocycles. The van der Waals surface area contributed by atoms with Crippen LogP contribution in [0.1, 0.15) is 34.3 Å². The summed E-state index contributed by atoms with van der Waals surface area (Å²) >= 11 is 1.62. The molecule has 0 fully saturated rings. The van der Waals surface area contributed by atoms with Crippen LogP contribution in [0, 0.1) is 24.4 Å². The SMILES string of the molecule is Cc1csc(CCCN2Cc3c(cc(F)c(F)c3F)C2CN)n1. The molecule has 124 valence electrons. The van der Waals surface area contributed by atoms with Crippen molar-refractivity contribution in [3.63, 3.8) is 0 Å². The van der Waals surface area contributed by atoms with Gasteiger partial charge in [-0.25, -0.2) is 18.2 Å². The van der Waals surface area contributed by atoms with Crippen molar-refractivity contribution >= 4 is 11.3 Å². The largest absolute Gasteiger partial charge is 0.329 e. The van der Waals surface area contributed by atoms with Gasteiger partial charge in [0.2, 0.25) is 0 Å². The number of benzene rings is 1. The third kappa shape index (κ3) is 3.13. The van der Waals surface area contributed by atoms with Crippen LogP contribution in [0.4, 0.5) is 13.2 Å². The van der Waals surface area contributed by atoms with Gasteiger partial charge in [-0.05, 0) is 31.5 Å². The van der Waals surface area contributed by atoms with Gasteiger partial charge in [-0.1, -0.05) is 0 Å². The summed E-state index contributed by atoms with van der Waals surface area (Å²) in [6, 6.07) is 0.808. The Bertz CT molecular complexity index is 717. The number of rotatable bonds is 5. The van der Waals surface area contributed by atoms with Gasteiger partial charge in [-0.3, -0.25) is 4.90 Å². The zero-order chi connectivity index (χ0) is 16.6. The van der Waals surface area contributed by atoms with Gasteiger partial charge in [0.15, 0.2) is 17.5 Å². The number of aromatic nitrogens is 1. The zero-order valence-electron chi connectivity index (χ0n) is 12.8. The molecule has 3 nitrogen and oxygen atoms in total. The van der Waals surface area contributed by atoms with Crippen molar-refractivity contribution in [2.75, 3.05) is 13.1 Å². The minimum Gasteiger partial charge on any atom is -0.329 e. The van der Waals surface area contributed by atoms with Crippen molar-refractivity contribution in [3.8, 4) is 0 Å². The van der Waals surface area contributed by atoms with E-state index in [4.69, 9.17) is 5.73 Å². The van der Waals surface area contributed by atoms with Crippen LogP contribution in [0.5, 0.6) is 0 Å². The normalized spacial score (nSPS) is 17.7. The van der Waals surface area contributed by atoms with E-state index in [2.05, 4.69) is 4.98 Å². The molecule has 0 saturated heterocycles. The number of halogens is 3. The highest BCUT2D eigenvalue weighted by atomic mass is 32.1. The molecule has 2 N–H and O–H groups in total. The summed E-state index contributed by atoms with van der Waals surface area (Å²) < 4.78 is 40.8. The molecule has 0 bridgehead atoms. The third-order valence-electron chi connectivity index (χ3n) is 4.18. The molecule has 0 amide bonds. The summed E-state index contributed by atoms with van der Waals surface area (Å²) in [7, 11) is 0. The molecular formula is C16H18F3N3S. The molecule has 0 aliphatic carbocycles. The van der Waals surface area contributed by atoms with Crippen LogP contribution in [0.15, 0.2) is 11.4 Å². The van der Waals surface area contributed by atoms with E-state index in [1.54, 1.807) is 11.3 Å². The van der Waals surface area contributed by atoms with E-state index in [0.717, 1.165) is 29.6 Å². The summed E-state index contributed by atoms with van der Waals surface area (Å²) in [5.74, 6) is -3.64. The third-order valence-corrected chi connectivity index (χ3v) is 5.21. The lowest BCUT2D eigenvalue weighted by Crippen LogP contribution is -2.29. The van der Waals surface area contributed by atoms with E-state index < -0.39 is 17.5 Å². The van der Waals surface area contributed by atoms with Gasteiger partial charge >= 0.3 is 0 Å². The highest BCUT2D eigenvalue weighted by Crippen LogP contribution is 2.36. The van der Waals surface area contributed by atoms with E-state index >= 15 is 0 Å². The summed E-state index contributed by atoms with van der Waals surface area (Å²) in [6.45, 7) is 3.14. The van der Waals surface area contributed by atoms with Gasteiger partial charge in [0.1, 0.15) is 0 Å².